The first-order valence-electron chi connectivity index (χ1n) is 9.47. The SMILES string of the molecule is COC(=O)c1ccc(CNC(=O)COc2ccc(OCc3ccccc3)cc2)cc1. The third kappa shape index (κ3) is 6.38. The highest BCUT2D eigenvalue weighted by atomic mass is 16.5. The summed E-state index contributed by atoms with van der Waals surface area (Å²) in [4.78, 5) is 23.4. The van der Waals surface area contributed by atoms with Gasteiger partial charge >= 0.3 is 5.97 Å². The number of carbonyl (C=O) groups is 2. The lowest BCUT2D eigenvalue weighted by atomic mass is 10.1. The number of ether oxygens (including phenoxy) is 3. The van der Waals surface area contributed by atoms with Gasteiger partial charge in [-0.15, -0.1) is 0 Å². The molecular formula is C24H23NO5. The molecule has 3 aromatic carbocycles. The fourth-order valence-electron chi connectivity index (χ4n) is 2.65. The Labute approximate surface area is 175 Å². The molecule has 0 heterocycles. The summed E-state index contributed by atoms with van der Waals surface area (Å²) in [7, 11) is 1.34. The third-order valence-electron chi connectivity index (χ3n) is 4.31. The lowest BCUT2D eigenvalue weighted by Gasteiger charge is -2.09. The normalized spacial score (nSPS) is 10.2. The second-order valence-electron chi connectivity index (χ2n) is 6.50. The molecule has 0 aliphatic carbocycles. The molecule has 3 rings (SSSR count). The largest absolute Gasteiger partial charge is 0.489 e. The number of carbonyl (C=O) groups excluding carboxylic acids is 2. The van der Waals surface area contributed by atoms with Crippen LogP contribution in [0.5, 0.6) is 11.5 Å². The third-order valence-corrected chi connectivity index (χ3v) is 4.31. The van der Waals surface area contributed by atoms with Gasteiger partial charge in [-0.1, -0.05) is 42.5 Å². The fraction of sp³-hybridized carbons (Fsp3) is 0.167. The summed E-state index contributed by atoms with van der Waals surface area (Å²) >= 11 is 0. The Hall–Kier alpha value is -3.80. The van der Waals surface area contributed by atoms with Crippen LogP contribution in [0.15, 0.2) is 78.9 Å². The Morgan fingerprint density at radius 2 is 1.40 bits per heavy atom. The summed E-state index contributed by atoms with van der Waals surface area (Å²) in [6, 6.07) is 23.9. The summed E-state index contributed by atoms with van der Waals surface area (Å²) < 4.78 is 15.9. The molecule has 6 heteroatoms. The van der Waals surface area contributed by atoms with Gasteiger partial charge < -0.3 is 19.5 Å². The van der Waals surface area contributed by atoms with Crippen molar-refractivity contribution in [1.29, 1.82) is 0 Å². The van der Waals surface area contributed by atoms with E-state index in [-0.39, 0.29) is 12.5 Å². The van der Waals surface area contributed by atoms with Crippen molar-refractivity contribution in [3.05, 3.63) is 95.6 Å². The smallest absolute Gasteiger partial charge is 0.337 e. The quantitative estimate of drug-likeness (QED) is 0.549. The first-order chi connectivity index (χ1) is 14.6. The Morgan fingerprint density at radius 3 is 2.03 bits per heavy atom. The van der Waals surface area contributed by atoms with Gasteiger partial charge in [0, 0.05) is 6.54 Å². The van der Waals surface area contributed by atoms with Gasteiger partial charge in [-0.25, -0.2) is 4.79 Å². The lowest BCUT2D eigenvalue weighted by Crippen LogP contribution is -2.28. The molecule has 0 unspecified atom stereocenters. The molecule has 0 aromatic heterocycles. The maximum absolute atomic E-state index is 12.0. The van der Waals surface area contributed by atoms with Gasteiger partial charge in [0.15, 0.2) is 6.61 Å². The molecular weight excluding hydrogens is 382 g/mol. The van der Waals surface area contributed by atoms with Crippen LogP contribution in [0.25, 0.3) is 0 Å². The van der Waals surface area contributed by atoms with E-state index < -0.39 is 5.97 Å². The fourth-order valence-corrected chi connectivity index (χ4v) is 2.65. The van der Waals surface area contributed by atoms with Crippen LogP contribution >= 0.6 is 0 Å². The zero-order valence-corrected chi connectivity index (χ0v) is 16.7. The molecule has 3 aromatic rings. The minimum absolute atomic E-state index is 0.0928. The summed E-state index contributed by atoms with van der Waals surface area (Å²) in [6.45, 7) is 0.741. The Morgan fingerprint density at radius 1 is 0.767 bits per heavy atom. The molecule has 0 spiro atoms. The molecule has 1 amide bonds. The number of hydrogen-bond donors (Lipinski definition) is 1. The van der Waals surface area contributed by atoms with E-state index in [2.05, 4.69) is 10.1 Å². The molecule has 0 fully saturated rings. The zero-order valence-electron chi connectivity index (χ0n) is 16.7. The maximum atomic E-state index is 12.0. The number of benzene rings is 3. The van der Waals surface area contributed by atoms with Crippen molar-refractivity contribution >= 4 is 11.9 Å². The van der Waals surface area contributed by atoms with Gasteiger partial charge in [0.2, 0.25) is 0 Å². The van der Waals surface area contributed by atoms with Gasteiger partial charge in [0.05, 0.1) is 12.7 Å². The highest BCUT2D eigenvalue weighted by Crippen LogP contribution is 2.18. The highest BCUT2D eigenvalue weighted by molar-refractivity contribution is 5.89. The van der Waals surface area contributed by atoms with E-state index in [1.165, 1.54) is 7.11 Å². The van der Waals surface area contributed by atoms with Gasteiger partial charge in [0.25, 0.3) is 5.91 Å². The van der Waals surface area contributed by atoms with Crippen molar-refractivity contribution in [1.82, 2.24) is 5.32 Å². The van der Waals surface area contributed by atoms with E-state index in [9.17, 15) is 9.59 Å². The molecule has 1 N–H and O–H groups in total. The second kappa shape index (κ2) is 10.7. The van der Waals surface area contributed by atoms with Crippen molar-refractivity contribution in [3.8, 4) is 11.5 Å². The van der Waals surface area contributed by atoms with Gasteiger partial charge in [0.1, 0.15) is 18.1 Å². The summed E-state index contributed by atoms with van der Waals surface area (Å²) in [6.07, 6.45) is 0. The molecule has 0 aliphatic heterocycles. The lowest BCUT2D eigenvalue weighted by molar-refractivity contribution is -0.123. The monoisotopic (exact) mass is 405 g/mol. The maximum Gasteiger partial charge on any atom is 0.337 e. The second-order valence-corrected chi connectivity index (χ2v) is 6.50. The topological polar surface area (TPSA) is 73.9 Å². The molecule has 0 atom stereocenters. The minimum Gasteiger partial charge on any atom is -0.489 e. The van der Waals surface area contributed by atoms with Crippen LogP contribution < -0.4 is 14.8 Å². The summed E-state index contributed by atoms with van der Waals surface area (Å²) in [5, 5.41) is 2.78. The number of esters is 1. The van der Waals surface area contributed by atoms with Crippen LogP contribution in [0.1, 0.15) is 21.5 Å². The number of nitrogens with one attached hydrogen (secondary N) is 1. The van der Waals surface area contributed by atoms with Crippen molar-refractivity contribution < 1.29 is 23.8 Å². The number of methoxy groups -OCH3 is 1. The van der Waals surface area contributed by atoms with Crippen LogP contribution in [0.2, 0.25) is 0 Å². The van der Waals surface area contributed by atoms with Crippen LogP contribution in [0, 0.1) is 0 Å². The van der Waals surface area contributed by atoms with E-state index in [0.717, 1.165) is 16.9 Å². The molecule has 0 radical (unpaired) electrons. The van der Waals surface area contributed by atoms with E-state index >= 15 is 0 Å². The molecule has 0 aliphatic rings. The first kappa shape index (κ1) is 20.9. The zero-order chi connectivity index (χ0) is 21.2. The van der Waals surface area contributed by atoms with Crippen LogP contribution in [-0.2, 0) is 22.7 Å². The molecule has 154 valence electrons. The molecule has 6 nitrogen and oxygen atoms in total. The van der Waals surface area contributed by atoms with Crippen molar-refractivity contribution in [2.75, 3.05) is 13.7 Å². The van der Waals surface area contributed by atoms with Gasteiger partial charge in [-0.05, 0) is 47.5 Å². The number of rotatable bonds is 9. The predicted molar refractivity (Wildman–Crippen MR) is 112 cm³/mol. The van der Waals surface area contributed by atoms with E-state index in [1.54, 1.807) is 48.5 Å². The van der Waals surface area contributed by atoms with Crippen molar-refractivity contribution in [2.24, 2.45) is 0 Å². The molecule has 0 saturated heterocycles. The molecule has 30 heavy (non-hydrogen) atoms. The number of amides is 1. The van der Waals surface area contributed by atoms with Crippen molar-refractivity contribution in [3.63, 3.8) is 0 Å². The molecule has 0 bridgehead atoms. The summed E-state index contributed by atoms with van der Waals surface area (Å²) in [5.74, 6) is 0.678. The Kier molecular flexibility index (Phi) is 7.44. The van der Waals surface area contributed by atoms with Gasteiger partial charge in [-0.2, -0.15) is 0 Å². The predicted octanol–water partition coefficient (Wildman–Crippen LogP) is 3.75. The highest BCUT2D eigenvalue weighted by Gasteiger charge is 2.06. The van der Waals surface area contributed by atoms with Crippen LogP contribution in [0.4, 0.5) is 0 Å². The van der Waals surface area contributed by atoms with E-state index in [4.69, 9.17) is 9.47 Å². The molecule has 0 saturated carbocycles. The Bertz CT molecular complexity index is 953. The van der Waals surface area contributed by atoms with E-state index in [1.807, 2.05) is 30.3 Å². The van der Waals surface area contributed by atoms with Crippen LogP contribution in [-0.4, -0.2) is 25.6 Å². The number of hydrogen-bond acceptors (Lipinski definition) is 5. The first-order valence-corrected chi connectivity index (χ1v) is 9.47. The van der Waals surface area contributed by atoms with E-state index in [0.29, 0.717) is 24.5 Å². The standard InChI is InChI=1S/C24H23NO5/c1-28-24(27)20-9-7-18(8-10-20)15-25-23(26)17-30-22-13-11-21(12-14-22)29-16-19-5-3-2-4-6-19/h2-14H,15-17H2,1H3,(H,25,26). The van der Waals surface area contributed by atoms with Crippen molar-refractivity contribution in [2.45, 2.75) is 13.2 Å². The Balaban J connectivity index is 1.39. The van der Waals surface area contributed by atoms with Crippen LogP contribution in [0.3, 0.4) is 0 Å². The average molecular weight is 405 g/mol. The minimum atomic E-state index is -0.393. The summed E-state index contributed by atoms with van der Waals surface area (Å²) in [5.41, 5.74) is 2.43. The average Bonchev–Trinajstić information content (AvgIpc) is 2.81. The van der Waals surface area contributed by atoms with Gasteiger partial charge in [-0.3, -0.25) is 4.79 Å².